The summed E-state index contributed by atoms with van der Waals surface area (Å²) in [4.78, 5) is 0. The van der Waals surface area contributed by atoms with Gasteiger partial charge in [-0.1, -0.05) is 0 Å². The molecule has 0 amide bonds. The minimum absolute atomic E-state index is 0.584. The molecule has 0 aliphatic carbocycles. The molecule has 0 spiro atoms. The monoisotopic (exact) mass is 163 g/mol. The fourth-order valence-electron chi connectivity index (χ4n) is 1.07. The third kappa shape index (κ3) is 1.52. The molecule has 5 N–H and O–H groups in total. The van der Waals surface area contributed by atoms with Crippen LogP contribution in [-0.4, -0.2) is 46.0 Å². The summed E-state index contributed by atoms with van der Waals surface area (Å²) in [5.41, 5.74) is 5.29. The van der Waals surface area contributed by atoms with Gasteiger partial charge < -0.3 is 25.8 Å². The van der Waals surface area contributed by atoms with Crippen molar-refractivity contribution in [1.82, 2.24) is 0 Å². The van der Waals surface area contributed by atoms with E-state index in [-0.39, 0.29) is 0 Å². The van der Waals surface area contributed by atoms with Crippen LogP contribution in [-0.2, 0) is 4.74 Å². The van der Waals surface area contributed by atoms with Gasteiger partial charge in [0.05, 0.1) is 12.1 Å². The minimum Gasteiger partial charge on any atom is -0.388 e. The van der Waals surface area contributed by atoms with Crippen LogP contribution in [0.25, 0.3) is 0 Å². The number of nitrogens with two attached hydrogens (primary N) is 1. The molecule has 1 aliphatic rings. The highest BCUT2D eigenvalue weighted by Gasteiger charge is 2.39. The first-order valence-corrected chi connectivity index (χ1v) is 3.49. The Morgan fingerprint density at radius 2 is 1.73 bits per heavy atom. The van der Waals surface area contributed by atoms with Gasteiger partial charge in [-0.15, -0.1) is 0 Å². The van der Waals surface area contributed by atoms with Gasteiger partial charge >= 0.3 is 0 Å². The molecule has 0 bridgehead atoms. The van der Waals surface area contributed by atoms with E-state index in [1.807, 2.05) is 0 Å². The molecule has 1 fully saturated rings. The van der Waals surface area contributed by atoms with E-state index in [2.05, 4.69) is 0 Å². The fourth-order valence-corrected chi connectivity index (χ4v) is 1.07. The number of aliphatic hydroxyl groups excluding tert-OH is 3. The van der Waals surface area contributed by atoms with E-state index in [9.17, 15) is 5.11 Å². The molecule has 66 valence electrons. The van der Waals surface area contributed by atoms with Crippen LogP contribution in [0.1, 0.15) is 6.92 Å². The molecule has 0 radical (unpaired) electrons. The van der Waals surface area contributed by atoms with Gasteiger partial charge in [-0.25, -0.2) is 0 Å². The Balaban J connectivity index is 2.63. The molecular formula is C6H13NO4. The first-order valence-electron chi connectivity index (χ1n) is 3.49. The van der Waals surface area contributed by atoms with Gasteiger partial charge in [-0.2, -0.15) is 0 Å². The van der Waals surface area contributed by atoms with Crippen molar-refractivity contribution >= 4 is 0 Å². The molecule has 0 saturated carbocycles. The van der Waals surface area contributed by atoms with Gasteiger partial charge in [0.1, 0.15) is 12.2 Å². The molecule has 1 saturated heterocycles. The lowest BCUT2D eigenvalue weighted by molar-refractivity contribution is -0.236. The van der Waals surface area contributed by atoms with Crippen molar-refractivity contribution in [2.75, 3.05) is 0 Å². The largest absolute Gasteiger partial charge is 0.388 e. The first kappa shape index (κ1) is 8.89. The zero-order valence-corrected chi connectivity index (χ0v) is 6.21. The van der Waals surface area contributed by atoms with Crippen LogP contribution >= 0.6 is 0 Å². The topological polar surface area (TPSA) is 95.9 Å². The molecule has 5 atom stereocenters. The van der Waals surface area contributed by atoms with Crippen LogP contribution < -0.4 is 5.73 Å². The third-order valence-corrected chi connectivity index (χ3v) is 1.91. The SMILES string of the molecule is C[C@@H]1O[C@@H](O)[C@@H](N)[C@H](O)[C@@H]1O. The van der Waals surface area contributed by atoms with Crippen molar-refractivity contribution in [2.24, 2.45) is 5.73 Å². The maximum absolute atomic E-state index is 9.17. The molecule has 0 aromatic carbocycles. The van der Waals surface area contributed by atoms with Crippen molar-refractivity contribution in [1.29, 1.82) is 0 Å². The highest BCUT2D eigenvalue weighted by atomic mass is 16.6. The highest BCUT2D eigenvalue weighted by molar-refractivity contribution is 4.88. The predicted octanol–water partition coefficient (Wildman–Crippen LogP) is -2.23. The second-order valence-electron chi connectivity index (χ2n) is 2.79. The molecule has 5 nitrogen and oxygen atoms in total. The first-order chi connectivity index (χ1) is 5.04. The molecule has 0 aromatic rings. The van der Waals surface area contributed by atoms with Crippen LogP contribution in [0.15, 0.2) is 0 Å². The molecule has 0 aromatic heterocycles. The number of hydrogen-bond donors (Lipinski definition) is 4. The Kier molecular flexibility index (Phi) is 2.46. The standard InChI is InChI=1S/C6H13NO4/c1-2-4(8)5(9)3(7)6(10)11-2/h2-6,8-10H,7H2,1H3/t2-,3-,4+,5-,6+/m0/s1. The second-order valence-corrected chi connectivity index (χ2v) is 2.79. The van der Waals surface area contributed by atoms with Crippen LogP contribution in [0.2, 0.25) is 0 Å². The van der Waals surface area contributed by atoms with Crippen LogP contribution in [0.4, 0.5) is 0 Å². The van der Waals surface area contributed by atoms with E-state index in [0.717, 1.165) is 0 Å². The van der Waals surface area contributed by atoms with Crippen molar-refractivity contribution in [2.45, 2.75) is 37.6 Å². The lowest BCUT2D eigenvalue weighted by atomic mass is 9.99. The Bertz CT molecular complexity index is 129. The Morgan fingerprint density at radius 1 is 1.18 bits per heavy atom. The summed E-state index contributed by atoms with van der Waals surface area (Å²) in [6, 6.07) is -0.929. The van der Waals surface area contributed by atoms with E-state index in [4.69, 9.17) is 20.7 Å². The van der Waals surface area contributed by atoms with E-state index in [0.29, 0.717) is 0 Å². The van der Waals surface area contributed by atoms with Crippen LogP contribution in [0, 0.1) is 0 Å². The number of aliphatic hydroxyl groups is 3. The maximum Gasteiger partial charge on any atom is 0.172 e. The zero-order valence-electron chi connectivity index (χ0n) is 6.21. The smallest absolute Gasteiger partial charge is 0.172 e. The fraction of sp³-hybridized carbons (Fsp3) is 1.00. The zero-order chi connectivity index (χ0) is 8.59. The number of hydrogen-bond acceptors (Lipinski definition) is 5. The molecular weight excluding hydrogens is 150 g/mol. The van der Waals surface area contributed by atoms with Gasteiger partial charge in [0.2, 0.25) is 0 Å². The average Bonchev–Trinajstić information content (AvgIpc) is 1.97. The van der Waals surface area contributed by atoms with E-state index < -0.39 is 30.6 Å². The lowest BCUT2D eigenvalue weighted by Gasteiger charge is -2.37. The van der Waals surface area contributed by atoms with Crippen molar-refractivity contribution < 1.29 is 20.1 Å². The highest BCUT2D eigenvalue weighted by Crippen LogP contribution is 2.17. The van der Waals surface area contributed by atoms with Crippen LogP contribution in [0.5, 0.6) is 0 Å². The summed E-state index contributed by atoms with van der Waals surface area (Å²) in [6.45, 7) is 1.56. The van der Waals surface area contributed by atoms with Gasteiger partial charge in [0.15, 0.2) is 6.29 Å². The maximum atomic E-state index is 9.17. The predicted molar refractivity (Wildman–Crippen MR) is 36.5 cm³/mol. The Morgan fingerprint density at radius 3 is 2.27 bits per heavy atom. The van der Waals surface area contributed by atoms with E-state index in [1.54, 1.807) is 6.92 Å². The Labute approximate surface area is 64.4 Å². The molecule has 1 rings (SSSR count). The van der Waals surface area contributed by atoms with Gasteiger partial charge in [0.25, 0.3) is 0 Å². The summed E-state index contributed by atoms with van der Waals surface area (Å²) in [5, 5.41) is 27.4. The summed E-state index contributed by atoms with van der Waals surface area (Å²) < 4.78 is 4.80. The second kappa shape index (κ2) is 3.04. The van der Waals surface area contributed by atoms with Gasteiger partial charge in [-0.3, -0.25) is 0 Å². The Hall–Kier alpha value is -0.200. The van der Waals surface area contributed by atoms with Gasteiger partial charge in [0, 0.05) is 0 Å². The van der Waals surface area contributed by atoms with Gasteiger partial charge in [-0.05, 0) is 6.92 Å². The molecule has 0 unspecified atom stereocenters. The average molecular weight is 163 g/mol. The normalized spacial score (nSPS) is 52.6. The summed E-state index contributed by atoms with van der Waals surface area (Å²) in [7, 11) is 0. The number of ether oxygens (including phenoxy) is 1. The third-order valence-electron chi connectivity index (χ3n) is 1.91. The van der Waals surface area contributed by atoms with Crippen LogP contribution in [0.3, 0.4) is 0 Å². The molecule has 11 heavy (non-hydrogen) atoms. The molecule has 1 heterocycles. The molecule has 1 aliphatic heterocycles. The van der Waals surface area contributed by atoms with Crippen molar-refractivity contribution in [3.8, 4) is 0 Å². The lowest BCUT2D eigenvalue weighted by Crippen LogP contribution is -2.60. The van der Waals surface area contributed by atoms with E-state index in [1.165, 1.54) is 0 Å². The quantitative estimate of drug-likeness (QED) is 0.324. The summed E-state index contributed by atoms with van der Waals surface area (Å²) in [5.74, 6) is 0. The number of rotatable bonds is 0. The summed E-state index contributed by atoms with van der Waals surface area (Å²) >= 11 is 0. The van der Waals surface area contributed by atoms with Crippen molar-refractivity contribution in [3.63, 3.8) is 0 Å². The minimum atomic E-state index is -1.19. The van der Waals surface area contributed by atoms with E-state index >= 15 is 0 Å². The van der Waals surface area contributed by atoms with Crippen molar-refractivity contribution in [3.05, 3.63) is 0 Å². The summed E-state index contributed by atoms with van der Waals surface area (Å²) in [6.07, 6.45) is -3.91. The molecule has 5 heteroatoms.